The van der Waals surface area contributed by atoms with Gasteiger partial charge in [0.25, 0.3) is 5.91 Å². The molecule has 2 aliphatic rings. The number of cyclic esters (lactones) is 1. The molecular weight excluding hydrogens is 783 g/mol. The monoisotopic (exact) mass is 803 g/mol. The Morgan fingerprint density at radius 2 is 1.76 bits per heavy atom. The van der Waals surface area contributed by atoms with Crippen molar-refractivity contribution in [3.8, 4) is 0 Å². The summed E-state index contributed by atoms with van der Waals surface area (Å²) in [6.07, 6.45) is -3.44. The van der Waals surface area contributed by atoms with Crippen LogP contribution in [0.2, 0.25) is 10.0 Å². The first-order valence-corrected chi connectivity index (χ1v) is 15.4. The second-order valence-corrected chi connectivity index (χ2v) is 17.1. The lowest BCUT2D eigenvalue weighted by Gasteiger charge is -2.44. The highest BCUT2D eigenvalue weighted by Gasteiger charge is 2.43. The normalized spacial score (nSPS) is 20.5. The molecule has 4 rings (SSSR count). The van der Waals surface area contributed by atoms with E-state index in [4.69, 9.17) is 27.9 Å². The lowest BCUT2D eigenvalue weighted by atomic mass is 10.2. The molecule has 2 aromatic carbocycles. The van der Waals surface area contributed by atoms with E-state index < -0.39 is 38.5 Å². The fourth-order valence-corrected chi connectivity index (χ4v) is 6.07. The quantitative estimate of drug-likeness (QED) is 0.215. The predicted molar refractivity (Wildman–Crippen MR) is 164 cm³/mol. The Kier molecular flexibility index (Phi) is 10.4. The second-order valence-electron chi connectivity index (χ2n) is 9.35. The summed E-state index contributed by atoms with van der Waals surface area (Å²) in [5.41, 5.74) is 1.21. The minimum absolute atomic E-state index is 0.0182. The topological polar surface area (TPSA) is 94.2 Å². The number of anilines is 2. The van der Waals surface area contributed by atoms with Gasteiger partial charge in [-0.3, -0.25) is 14.5 Å². The van der Waals surface area contributed by atoms with Gasteiger partial charge in [-0.1, -0.05) is 71.0 Å². The van der Waals surface area contributed by atoms with Gasteiger partial charge in [-0.25, -0.2) is 18.5 Å². The zero-order chi connectivity index (χ0) is 30.1. The van der Waals surface area contributed by atoms with Crippen LogP contribution in [-0.2, 0) is 9.53 Å². The molecule has 2 fully saturated rings. The van der Waals surface area contributed by atoms with E-state index in [-0.39, 0.29) is 47.7 Å². The van der Waals surface area contributed by atoms with Gasteiger partial charge in [-0.2, -0.15) is 0 Å². The molecule has 2 unspecified atom stereocenters. The largest absolute Gasteiger partial charge is 0.442 e. The van der Waals surface area contributed by atoms with Crippen LogP contribution < -0.4 is 20.4 Å². The summed E-state index contributed by atoms with van der Waals surface area (Å²) < 4.78 is 33.8. The lowest BCUT2D eigenvalue weighted by Crippen LogP contribution is -2.63. The minimum Gasteiger partial charge on any atom is -0.442 e. The number of nitrogens with zero attached hydrogens (tertiary/aromatic N) is 3. The van der Waals surface area contributed by atoms with E-state index in [1.54, 1.807) is 24.3 Å². The van der Waals surface area contributed by atoms with Gasteiger partial charge in [0.15, 0.2) is 8.44 Å². The molecule has 222 valence electrons. The molecule has 3 atom stereocenters. The molecule has 16 heteroatoms. The number of alkyl halides is 4. The number of carbonyl (C=O) groups excluding carboxylic acids is 3. The Morgan fingerprint density at radius 3 is 2.37 bits per heavy atom. The van der Waals surface area contributed by atoms with Gasteiger partial charge >= 0.3 is 6.09 Å². The summed E-state index contributed by atoms with van der Waals surface area (Å²) in [6.45, 7) is 2.51. The van der Waals surface area contributed by atoms with E-state index in [1.165, 1.54) is 16.7 Å². The molecule has 2 aliphatic heterocycles. The van der Waals surface area contributed by atoms with E-state index >= 15 is 4.39 Å². The lowest BCUT2D eigenvalue weighted by molar-refractivity contribution is -0.119. The maximum atomic E-state index is 15.6. The molecule has 2 heterocycles. The third kappa shape index (κ3) is 7.82. The Morgan fingerprint density at radius 1 is 1.10 bits per heavy atom. The number of benzene rings is 2. The van der Waals surface area contributed by atoms with Gasteiger partial charge in [0, 0.05) is 31.4 Å². The summed E-state index contributed by atoms with van der Waals surface area (Å²) in [5, 5.41) is 5.06. The second kappa shape index (κ2) is 13.3. The molecule has 0 aromatic heterocycles. The van der Waals surface area contributed by atoms with Crippen molar-refractivity contribution < 1.29 is 27.9 Å². The van der Waals surface area contributed by atoms with Crippen molar-refractivity contribution in [2.75, 3.05) is 42.5 Å². The molecule has 0 spiro atoms. The number of piperazine rings is 1. The fraction of sp³-hybridized carbons (Fsp3) is 0.400. The van der Waals surface area contributed by atoms with Gasteiger partial charge in [0.2, 0.25) is 5.91 Å². The zero-order valence-corrected chi connectivity index (χ0v) is 27.6. The Labute approximate surface area is 270 Å². The number of amides is 3. The average molecular weight is 807 g/mol. The molecule has 0 saturated carbocycles. The average Bonchev–Trinajstić information content (AvgIpc) is 3.28. The predicted octanol–water partition coefficient (Wildman–Crippen LogP) is 5.61. The van der Waals surface area contributed by atoms with E-state index in [0.717, 1.165) is 17.8 Å². The van der Waals surface area contributed by atoms with Crippen LogP contribution in [0.3, 0.4) is 0 Å². The molecule has 2 saturated heterocycles. The first-order valence-electron chi connectivity index (χ1n) is 12.2. The maximum absolute atomic E-state index is 15.6. The van der Waals surface area contributed by atoms with Crippen LogP contribution in [0, 0.1) is 5.82 Å². The van der Waals surface area contributed by atoms with Gasteiger partial charge < -0.3 is 20.3 Å². The van der Waals surface area contributed by atoms with Crippen molar-refractivity contribution in [1.82, 2.24) is 15.5 Å². The maximum Gasteiger partial charge on any atom is 0.414 e. The van der Waals surface area contributed by atoms with Crippen LogP contribution in [0.5, 0.6) is 0 Å². The minimum atomic E-state index is -1.51. The van der Waals surface area contributed by atoms with Crippen LogP contribution in [0.1, 0.15) is 17.3 Å². The molecule has 2 N–H and O–H groups in total. The van der Waals surface area contributed by atoms with E-state index in [0.29, 0.717) is 12.2 Å². The van der Waals surface area contributed by atoms with Crippen LogP contribution >= 0.6 is 71.0 Å². The van der Waals surface area contributed by atoms with Crippen LogP contribution in [0.15, 0.2) is 36.4 Å². The SMILES string of the molecule is CC(=O)NCC1CN(c2ccc(N3CCN([C@@H](NC(=O)c4cc(F)c(Cl)cc4Cl)C(Br)(Br)Br)C(F)C3)cc2)C(=O)O1. The standard InChI is InChI=1S/C25H24Br3Cl2F2N5O4/c1-13(38)33-10-16-11-37(24(40)41-16)15-4-2-14(3-5-15)35-6-7-36(21(32)12-35)23(25(26,27)28)34-22(39)17-8-20(31)19(30)9-18(17)29/h2-5,8-9,16,21,23H,6-7,10-12H2,1H3,(H,33,38)(H,34,39)/t16?,21?,23-/m1/s1. The molecule has 9 nitrogen and oxygen atoms in total. The van der Waals surface area contributed by atoms with E-state index in [2.05, 4.69) is 58.4 Å². The highest BCUT2D eigenvalue weighted by atomic mass is 80.0. The number of carbonyl (C=O) groups is 3. The molecule has 41 heavy (non-hydrogen) atoms. The Balaban J connectivity index is 1.41. The Bertz CT molecular complexity index is 1320. The number of hydrogen-bond acceptors (Lipinski definition) is 6. The molecule has 0 radical (unpaired) electrons. The number of halogens is 7. The molecule has 0 bridgehead atoms. The first-order chi connectivity index (χ1) is 19.2. The summed E-state index contributed by atoms with van der Waals surface area (Å²) in [6, 6.07) is 9.11. The summed E-state index contributed by atoms with van der Waals surface area (Å²) in [4.78, 5) is 41.2. The third-order valence-corrected chi connectivity index (χ3v) is 8.41. The highest BCUT2D eigenvalue weighted by Crippen LogP contribution is 2.40. The van der Waals surface area contributed by atoms with Crippen LogP contribution in [-0.4, -0.2) is 76.2 Å². The number of hydrogen-bond donors (Lipinski definition) is 2. The van der Waals surface area contributed by atoms with Gasteiger partial charge in [0.05, 0.1) is 35.2 Å². The molecule has 0 aliphatic carbocycles. The molecule has 2 aromatic rings. The number of rotatable bonds is 7. The van der Waals surface area contributed by atoms with Crippen LogP contribution in [0.25, 0.3) is 0 Å². The fourth-order valence-electron chi connectivity index (χ4n) is 4.47. The molecular formula is C25H24Br3Cl2F2N5O4. The summed E-state index contributed by atoms with van der Waals surface area (Å²) in [7, 11) is 0. The summed E-state index contributed by atoms with van der Waals surface area (Å²) >= 11 is 22.0. The van der Waals surface area contributed by atoms with Crippen molar-refractivity contribution in [2.24, 2.45) is 0 Å². The third-order valence-electron chi connectivity index (χ3n) is 6.50. The number of ether oxygens (including phenoxy) is 1. The van der Waals surface area contributed by atoms with Crippen molar-refractivity contribution in [2.45, 2.75) is 27.6 Å². The zero-order valence-electron chi connectivity index (χ0n) is 21.4. The molecule has 3 amide bonds. The van der Waals surface area contributed by atoms with Crippen molar-refractivity contribution in [1.29, 1.82) is 0 Å². The highest BCUT2D eigenvalue weighted by molar-refractivity contribution is 9.39. The first kappa shape index (κ1) is 32.2. The van der Waals surface area contributed by atoms with Crippen molar-refractivity contribution in [3.05, 3.63) is 57.8 Å². The summed E-state index contributed by atoms with van der Waals surface area (Å²) in [5.74, 6) is -1.74. The van der Waals surface area contributed by atoms with E-state index in [1.807, 2.05) is 4.90 Å². The van der Waals surface area contributed by atoms with Gasteiger partial charge in [-0.05, 0) is 36.4 Å². The van der Waals surface area contributed by atoms with Crippen LogP contribution in [0.4, 0.5) is 25.0 Å². The van der Waals surface area contributed by atoms with Crippen molar-refractivity contribution in [3.63, 3.8) is 0 Å². The van der Waals surface area contributed by atoms with Gasteiger partial charge in [0.1, 0.15) is 18.1 Å². The Hall–Kier alpha value is -1.71. The van der Waals surface area contributed by atoms with Gasteiger partial charge in [-0.15, -0.1) is 0 Å². The van der Waals surface area contributed by atoms with E-state index in [9.17, 15) is 18.8 Å². The number of nitrogens with one attached hydrogen (secondary N) is 2. The smallest absolute Gasteiger partial charge is 0.414 e. The van der Waals surface area contributed by atoms with Crippen molar-refractivity contribution >= 4 is 100 Å².